The van der Waals surface area contributed by atoms with Crippen molar-refractivity contribution in [2.75, 3.05) is 7.11 Å². The maximum atomic E-state index is 13.0. The number of likely N-dealkylation sites (tertiary alicyclic amines) is 1. The zero-order valence-electron chi connectivity index (χ0n) is 18.1. The monoisotopic (exact) mass is 445 g/mol. The highest BCUT2D eigenvalue weighted by Gasteiger charge is 2.36. The number of aromatic amines is 1. The van der Waals surface area contributed by atoms with E-state index in [0.717, 1.165) is 27.8 Å². The van der Waals surface area contributed by atoms with Crippen molar-refractivity contribution in [3.05, 3.63) is 66.0 Å². The minimum Gasteiger partial charge on any atom is -0.497 e. The van der Waals surface area contributed by atoms with Crippen LogP contribution >= 0.6 is 0 Å². The fraction of sp³-hybridized carbons (Fsp3) is 0.250. The van der Waals surface area contributed by atoms with Crippen molar-refractivity contribution in [1.82, 2.24) is 25.5 Å². The molecule has 9 nitrogen and oxygen atoms in total. The Morgan fingerprint density at radius 3 is 2.85 bits per heavy atom. The van der Waals surface area contributed by atoms with Crippen LogP contribution in [0.4, 0.5) is 0 Å². The molecule has 2 aromatic heterocycles. The van der Waals surface area contributed by atoms with Crippen LogP contribution in [0.15, 0.2) is 59.4 Å². The largest absolute Gasteiger partial charge is 0.497 e. The highest BCUT2D eigenvalue weighted by atomic mass is 16.6. The number of nitrogens with zero attached hydrogens (tertiary/aromatic N) is 3. The van der Waals surface area contributed by atoms with Crippen LogP contribution < -0.4 is 10.1 Å². The van der Waals surface area contributed by atoms with E-state index >= 15 is 0 Å². The molecule has 5 rings (SSSR count). The normalized spacial score (nSPS) is 15.8. The second-order valence-corrected chi connectivity index (χ2v) is 7.94. The minimum atomic E-state index is -0.532. The molecule has 1 aliphatic heterocycles. The van der Waals surface area contributed by atoms with E-state index in [-0.39, 0.29) is 18.4 Å². The van der Waals surface area contributed by atoms with E-state index in [1.165, 1.54) is 0 Å². The van der Waals surface area contributed by atoms with Crippen LogP contribution in [0.1, 0.15) is 24.1 Å². The van der Waals surface area contributed by atoms with Crippen molar-refractivity contribution in [2.24, 2.45) is 0 Å². The number of amides is 2. The van der Waals surface area contributed by atoms with Crippen molar-refractivity contribution in [3.63, 3.8) is 0 Å². The van der Waals surface area contributed by atoms with Gasteiger partial charge in [0.1, 0.15) is 23.2 Å². The Balaban J connectivity index is 1.28. The smallest absolute Gasteiger partial charge is 0.243 e. The molecule has 0 spiro atoms. The van der Waals surface area contributed by atoms with Crippen LogP contribution in [0.25, 0.3) is 22.2 Å². The lowest BCUT2D eigenvalue weighted by Crippen LogP contribution is -2.44. The first kappa shape index (κ1) is 20.7. The Bertz CT molecular complexity index is 1290. The molecule has 2 amide bonds. The maximum absolute atomic E-state index is 13.0. The Kier molecular flexibility index (Phi) is 5.52. The van der Waals surface area contributed by atoms with Crippen molar-refractivity contribution in [2.45, 2.75) is 32.0 Å². The summed E-state index contributed by atoms with van der Waals surface area (Å²) in [6.45, 7) is 0.527. The lowest BCUT2D eigenvalue weighted by atomic mass is 10.1. The Morgan fingerprint density at radius 2 is 2.03 bits per heavy atom. The summed E-state index contributed by atoms with van der Waals surface area (Å²) in [5, 5.41) is 11.9. The van der Waals surface area contributed by atoms with Gasteiger partial charge in [0, 0.05) is 35.6 Å². The summed E-state index contributed by atoms with van der Waals surface area (Å²) in [6, 6.07) is 14.7. The number of rotatable bonds is 7. The van der Waals surface area contributed by atoms with Gasteiger partial charge in [0.25, 0.3) is 0 Å². The zero-order chi connectivity index (χ0) is 22.8. The van der Waals surface area contributed by atoms with Gasteiger partial charge in [0.2, 0.25) is 11.8 Å². The first-order chi connectivity index (χ1) is 16.1. The highest BCUT2D eigenvalue weighted by Crippen LogP contribution is 2.26. The number of ether oxygens (including phenoxy) is 1. The summed E-state index contributed by atoms with van der Waals surface area (Å²) >= 11 is 0. The third kappa shape index (κ3) is 4.05. The molecule has 0 bridgehead atoms. The molecule has 168 valence electrons. The van der Waals surface area contributed by atoms with Gasteiger partial charge in [-0.15, -0.1) is 0 Å². The van der Waals surface area contributed by atoms with Gasteiger partial charge in [-0.3, -0.25) is 9.59 Å². The summed E-state index contributed by atoms with van der Waals surface area (Å²) in [5.41, 5.74) is 3.86. The number of para-hydroxylation sites is 1. The van der Waals surface area contributed by atoms with E-state index in [4.69, 9.17) is 9.37 Å². The quantitative estimate of drug-likeness (QED) is 0.452. The van der Waals surface area contributed by atoms with Crippen molar-refractivity contribution in [1.29, 1.82) is 0 Å². The summed E-state index contributed by atoms with van der Waals surface area (Å²) < 4.78 is 10.1. The first-order valence-electron chi connectivity index (χ1n) is 10.7. The maximum Gasteiger partial charge on any atom is 0.243 e. The lowest BCUT2D eigenvalue weighted by molar-refractivity contribution is -0.135. The van der Waals surface area contributed by atoms with Crippen LogP contribution in [-0.2, 0) is 22.7 Å². The molecule has 1 atom stereocenters. The average molecular weight is 445 g/mol. The number of benzene rings is 2. The van der Waals surface area contributed by atoms with Crippen LogP contribution in [-0.4, -0.2) is 45.2 Å². The van der Waals surface area contributed by atoms with Crippen LogP contribution in [0, 0.1) is 0 Å². The van der Waals surface area contributed by atoms with Gasteiger partial charge in [-0.1, -0.05) is 23.4 Å². The number of nitrogens with one attached hydrogen (secondary N) is 2. The topological polar surface area (TPSA) is 113 Å². The summed E-state index contributed by atoms with van der Waals surface area (Å²) in [5.74, 6) is 0.484. The number of carbonyl (C=O) groups excluding carboxylic acids is 2. The van der Waals surface area contributed by atoms with Gasteiger partial charge < -0.3 is 19.9 Å². The molecule has 1 fully saturated rings. The van der Waals surface area contributed by atoms with E-state index in [0.29, 0.717) is 30.8 Å². The van der Waals surface area contributed by atoms with Crippen LogP contribution in [0.2, 0.25) is 0 Å². The molecule has 1 unspecified atom stereocenters. The molecule has 2 aromatic carbocycles. The molecule has 0 radical (unpaired) electrons. The molecule has 0 aliphatic carbocycles. The fourth-order valence-electron chi connectivity index (χ4n) is 4.23. The lowest BCUT2D eigenvalue weighted by Gasteiger charge is -2.23. The predicted octanol–water partition coefficient (Wildman–Crippen LogP) is 3.03. The molecule has 3 heterocycles. The summed E-state index contributed by atoms with van der Waals surface area (Å²) in [6.07, 6.45) is 2.73. The molecule has 4 aromatic rings. The Labute approximate surface area is 189 Å². The fourth-order valence-corrected chi connectivity index (χ4v) is 4.23. The Morgan fingerprint density at radius 1 is 1.21 bits per heavy atom. The molecular weight excluding hydrogens is 422 g/mol. The molecular formula is C24H23N5O4. The standard InChI is InChI=1S/C24H23N5O4/c1-32-17-8-6-15(7-9-17)23-20(27-33-28-23)13-26-24(31)21-10-11-22(30)29(21)14-16-12-25-19-5-3-2-4-18(16)19/h2-9,12,21,25H,10-11,13-14H2,1H3,(H,26,31). The number of hydrogen-bond acceptors (Lipinski definition) is 6. The molecule has 2 N–H and O–H groups in total. The second-order valence-electron chi connectivity index (χ2n) is 7.94. The molecule has 9 heteroatoms. The zero-order valence-corrected chi connectivity index (χ0v) is 18.1. The average Bonchev–Trinajstić information content (AvgIpc) is 3.57. The van der Waals surface area contributed by atoms with Gasteiger partial charge in [0.15, 0.2) is 0 Å². The third-order valence-electron chi connectivity index (χ3n) is 6.00. The SMILES string of the molecule is COc1ccc(-c2nonc2CNC(=O)C2CCC(=O)N2Cc2c[nH]c3ccccc23)cc1. The van der Waals surface area contributed by atoms with Crippen LogP contribution in [0.3, 0.4) is 0 Å². The van der Waals surface area contributed by atoms with E-state index in [9.17, 15) is 9.59 Å². The highest BCUT2D eigenvalue weighted by molar-refractivity contribution is 5.91. The van der Waals surface area contributed by atoms with Gasteiger partial charge in [-0.2, -0.15) is 0 Å². The van der Waals surface area contributed by atoms with Crippen molar-refractivity contribution >= 4 is 22.7 Å². The number of methoxy groups -OCH3 is 1. The molecule has 33 heavy (non-hydrogen) atoms. The summed E-state index contributed by atoms with van der Waals surface area (Å²) in [7, 11) is 1.60. The number of hydrogen-bond donors (Lipinski definition) is 2. The first-order valence-corrected chi connectivity index (χ1v) is 10.7. The number of fused-ring (bicyclic) bond motifs is 1. The van der Waals surface area contributed by atoms with Crippen molar-refractivity contribution < 1.29 is 19.0 Å². The Hall–Kier alpha value is -4.14. The van der Waals surface area contributed by atoms with Crippen molar-refractivity contribution in [3.8, 4) is 17.0 Å². The van der Waals surface area contributed by atoms with E-state index in [2.05, 4.69) is 20.6 Å². The summed E-state index contributed by atoms with van der Waals surface area (Å²) in [4.78, 5) is 30.4. The predicted molar refractivity (Wildman–Crippen MR) is 120 cm³/mol. The third-order valence-corrected chi connectivity index (χ3v) is 6.00. The molecule has 1 saturated heterocycles. The molecule has 1 aliphatic rings. The number of carbonyl (C=O) groups is 2. The van der Waals surface area contributed by atoms with E-state index in [1.54, 1.807) is 12.0 Å². The molecule has 0 saturated carbocycles. The number of aromatic nitrogens is 3. The van der Waals surface area contributed by atoms with Gasteiger partial charge in [-0.05, 0) is 47.5 Å². The van der Waals surface area contributed by atoms with Gasteiger partial charge in [0.05, 0.1) is 13.7 Å². The second kappa shape index (κ2) is 8.78. The van der Waals surface area contributed by atoms with Gasteiger partial charge >= 0.3 is 0 Å². The van der Waals surface area contributed by atoms with E-state index < -0.39 is 6.04 Å². The number of H-pyrrole nitrogens is 1. The van der Waals surface area contributed by atoms with E-state index in [1.807, 2.05) is 54.7 Å². The van der Waals surface area contributed by atoms with Crippen LogP contribution in [0.5, 0.6) is 5.75 Å². The van der Waals surface area contributed by atoms with Gasteiger partial charge in [-0.25, -0.2) is 4.63 Å². The minimum absolute atomic E-state index is 0.0255.